The Morgan fingerprint density at radius 2 is 1.22 bits per heavy atom. The van der Waals surface area contributed by atoms with Gasteiger partial charge in [-0.25, -0.2) is 17.2 Å². The van der Waals surface area contributed by atoms with E-state index < -0.39 is 21.7 Å². The van der Waals surface area contributed by atoms with Crippen LogP contribution in [0.2, 0.25) is 0 Å². The summed E-state index contributed by atoms with van der Waals surface area (Å²) < 4.78 is 55.0. The van der Waals surface area contributed by atoms with Crippen LogP contribution in [-0.4, -0.2) is 31.6 Å². The van der Waals surface area contributed by atoms with E-state index in [1.165, 1.54) is 65.0 Å². The summed E-state index contributed by atoms with van der Waals surface area (Å²) in [6.07, 6.45) is 2.97. The molecule has 1 fully saturated rings. The van der Waals surface area contributed by atoms with Crippen LogP contribution >= 0.6 is 0 Å². The van der Waals surface area contributed by atoms with Crippen molar-refractivity contribution in [2.24, 2.45) is 0 Å². The summed E-state index contributed by atoms with van der Waals surface area (Å²) in [5, 5.41) is 0. The van der Waals surface area contributed by atoms with Crippen LogP contribution in [0.5, 0.6) is 0 Å². The Hall–Kier alpha value is -3.42. The molecule has 0 amide bonds. The fourth-order valence-corrected chi connectivity index (χ4v) is 4.93. The summed E-state index contributed by atoms with van der Waals surface area (Å²) in [4.78, 5) is 13.3. The number of halogens is 2. The van der Waals surface area contributed by atoms with Crippen LogP contribution in [0.15, 0.2) is 94.9 Å². The maximum absolute atomic E-state index is 13.6. The van der Waals surface area contributed by atoms with Crippen LogP contribution in [0.4, 0.5) is 8.78 Å². The summed E-state index contributed by atoms with van der Waals surface area (Å²) in [5.41, 5.74) is 1.28. The lowest BCUT2D eigenvalue weighted by molar-refractivity contribution is -0.113. The fourth-order valence-electron chi connectivity index (χ4n) is 3.51. The molecule has 1 saturated heterocycles. The molecule has 0 spiro atoms. The third-order valence-electron chi connectivity index (χ3n) is 5.04. The average molecular weight is 451 g/mol. The largest absolute Gasteiger partial charge is 0.289 e. The monoisotopic (exact) mass is 451 g/mol. The van der Waals surface area contributed by atoms with Crippen molar-refractivity contribution in [1.29, 1.82) is 0 Å². The minimum Gasteiger partial charge on any atom is -0.289 e. The highest BCUT2D eigenvalue weighted by atomic mass is 32.2. The van der Waals surface area contributed by atoms with Gasteiger partial charge in [-0.3, -0.25) is 4.79 Å². The molecule has 4 nitrogen and oxygen atoms in total. The molecular formula is C25H19F2NO3S. The predicted molar refractivity (Wildman–Crippen MR) is 119 cm³/mol. The molecule has 1 aliphatic rings. The van der Waals surface area contributed by atoms with Crippen molar-refractivity contribution in [3.05, 3.63) is 113 Å². The van der Waals surface area contributed by atoms with Crippen molar-refractivity contribution in [1.82, 2.24) is 4.31 Å². The summed E-state index contributed by atoms with van der Waals surface area (Å²) in [6.45, 7) is -0.319. The summed E-state index contributed by atoms with van der Waals surface area (Å²) in [5.74, 6) is -1.29. The molecule has 7 heteroatoms. The maximum atomic E-state index is 13.6. The highest BCUT2D eigenvalue weighted by Crippen LogP contribution is 2.27. The molecule has 3 aromatic carbocycles. The van der Waals surface area contributed by atoms with Crippen LogP contribution in [0.3, 0.4) is 0 Å². The Kier molecular flexibility index (Phi) is 6.12. The lowest BCUT2D eigenvalue weighted by Crippen LogP contribution is -2.41. The second kappa shape index (κ2) is 8.98. The number of piperidine rings is 1. The smallest absolute Gasteiger partial charge is 0.243 e. The van der Waals surface area contributed by atoms with Crippen LogP contribution in [-0.2, 0) is 14.8 Å². The maximum Gasteiger partial charge on any atom is 0.243 e. The van der Waals surface area contributed by atoms with Gasteiger partial charge in [0.15, 0.2) is 5.78 Å². The van der Waals surface area contributed by atoms with Crippen LogP contribution in [0, 0.1) is 11.6 Å². The van der Waals surface area contributed by atoms with Crippen LogP contribution in [0.25, 0.3) is 12.2 Å². The number of sulfonamides is 1. The van der Waals surface area contributed by atoms with Gasteiger partial charge >= 0.3 is 0 Å². The Bertz CT molecular complexity index is 1260. The highest BCUT2D eigenvalue weighted by Gasteiger charge is 2.34. The Labute approximate surface area is 185 Å². The van der Waals surface area contributed by atoms with E-state index in [0.717, 1.165) is 0 Å². The van der Waals surface area contributed by atoms with Gasteiger partial charge in [0, 0.05) is 24.2 Å². The quantitative estimate of drug-likeness (QED) is 0.540. The molecule has 1 heterocycles. The molecule has 1 aliphatic heterocycles. The van der Waals surface area contributed by atoms with E-state index in [-0.39, 0.29) is 34.9 Å². The van der Waals surface area contributed by atoms with Crippen molar-refractivity contribution < 1.29 is 22.0 Å². The first kappa shape index (κ1) is 21.8. The third-order valence-corrected chi connectivity index (χ3v) is 6.84. The van der Waals surface area contributed by atoms with E-state index >= 15 is 0 Å². The SMILES string of the molecule is O=C1/C(=C/c2cccc(F)c2)CN(S(=O)(=O)c2ccccc2)C/C1=C\c1cccc(F)c1. The molecule has 0 unspecified atom stereocenters. The van der Waals surface area contributed by atoms with E-state index in [4.69, 9.17) is 0 Å². The number of carbonyl (C=O) groups excluding carboxylic acids is 1. The second-order valence-electron chi connectivity index (χ2n) is 7.36. The van der Waals surface area contributed by atoms with Crippen LogP contribution < -0.4 is 0 Å². The molecule has 0 aliphatic carbocycles. The zero-order valence-corrected chi connectivity index (χ0v) is 17.7. The number of hydrogen-bond donors (Lipinski definition) is 0. The van der Waals surface area contributed by atoms with Crippen molar-refractivity contribution >= 4 is 28.0 Å². The lowest BCUT2D eigenvalue weighted by atomic mass is 9.95. The van der Waals surface area contributed by atoms with E-state index in [1.807, 2.05) is 0 Å². The van der Waals surface area contributed by atoms with Gasteiger partial charge in [0.1, 0.15) is 11.6 Å². The number of ketones is 1. The first-order valence-electron chi connectivity index (χ1n) is 9.85. The number of hydrogen-bond acceptors (Lipinski definition) is 3. The molecule has 0 bridgehead atoms. The topological polar surface area (TPSA) is 54.5 Å². The van der Waals surface area contributed by atoms with E-state index in [9.17, 15) is 22.0 Å². The Morgan fingerprint density at radius 1 is 0.719 bits per heavy atom. The molecule has 0 atom stereocenters. The van der Waals surface area contributed by atoms with Gasteiger partial charge in [-0.05, 0) is 59.7 Å². The molecule has 0 aromatic heterocycles. The molecule has 0 radical (unpaired) electrons. The number of benzene rings is 3. The van der Waals surface area contributed by atoms with Crippen molar-refractivity contribution in [2.45, 2.75) is 4.90 Å². The normalized spacial score (nSPS) is 17.8. The minimum atomic E-state index is -3.90. The molecule has 0 saturated carbocycles. The van der Waals surface area contributed by atoms with Crippen LogP contribution in [0.1, 0.15) is 11.1 Å². The van der Waals surface area contributed by atoms with Crippen molar-refractivity contribution in [3.8, 4) is 0 Å². The first-order valence-corrected chi connectivity index (χ1v) is 11.3. The fraction of sp³-hybridized carbons (Fsp3) is 0.0800. The van der Waals surface area contributed by atoms with E-state index in [0.29, 0.717) is 11.1 Å². The summed E-state index contributed by atoms with van der Waals surface area (Å²) in [6, 6.07) is 19.3. The molecule has 162 valence electrons. The van der Waals surface area contributed by atoms with Crippen molar-refractivity contribution in [2.75, 3.05) is 13.1 Å². The summed E-state index contributed by atoms with van der Waals surface area (Å²) >= 11 is 0. The Balaban J connectivity index is 1.79. The third kappa shape index (κ3) is 4.74. The van der Waals surface area contributed by atoms with Gasteiger partial charge in [0.05, 0.1) is 4.90 Å². The first-order chi connectivity index (χ1) is 15.3. The Morgan fingerprint density at radius 3 is 1.69 bits per heavy atom. The second-order valence-corrected chi connectivity index (χ2v) is 9.30. The van der Waals surface area contributed by atoms with E-state index in [1.54, 1.807) is 30.3 Å². The van der Waals surface area contributed by atoms with Gasteiger partial charge < -0.3 is 0 Å². The predicted octanol–water partition coefficient (Wildman–Crippen LogP) is 4.71. The molecule has 4 rings (SSSR count). The minimum absolute atomic E-state index is 0.101. The average Bonchev–Trinajstić information content (AvgIpc) is 2.77. The zero-order chi connectivity index (χ0) is 22.7. The number of carbonyl (C=O) groups is 1. The standard InChI is InChI=1S/C25H19F2NO3S/c26-22-8-4-6-18(14-22)12-20-16-28(32(30,31)24-10-2-1-3-11-24)17-21(25(20)29)13-19-7-5-9-23(27)15-19/h1-15H,16-17H2/b20-12+,21-13+. The molecule has 32 heavy (non-hydrogen) atoms. The summed E-state index contributed by atoms with van der Waals surface area (Å²) in [7, 11) is -3.90. The zero-order valence-electron chi connectivity index (χ0n) is 16.9. The highest BCUT2D eigenvalue weighted by molar-refractivity contribution is 7.89. The van der Waals surface area contributed by atoms with Gasteiger partial charge in [-0.1, -0.05) is 42.5 Å². The van der Waals surface area contributed by atoms with Gasteiger partial charge in [0.25, 0.3) is 0 Å². The number of rotatable bonds is 4. The number of nitrogens with zero attached hydrogens (tertiary/aromatic N) is 1. The molecule has 3 aromatic rings. The molecular weight excluding hydrogens is 432 g/mol. The molecule has 0 N–H and O–H groups in total. The van der Waals surface area contributed by atoms with E-state index in [2.05, 4.69) is 0 Å². The van der Waals surface area contributed by atoms with Gasteiger partial charge in [0.2, 0.25) is 10.0 Å². The van der Waals surface area contributed by atoms with Crippen molar-refractivity contribution in [3.63, 3.8) is 0 Å². The lowest BCUT2D eigenvalue weighted by Gasteiger charge is -2.29. The van der Waals surface area contributed by atoms with Gasteiger partial charge in [-0.15, -0.1) is 0 Å². The number of Topliss-reactive ketones (excluding diaryl/α,β-unsaturated/α-hetero) is 1. The van der Waals surface area contributed by atoms with Gasteiger partial charge in [-0.2, -0.15) is 4.31 Å².